The molecular weight excluding hydrogens is 314 g/mol. The van der Waals surface area contributed by atoms with E-state index in [9.17, 15) is 17.2 Å². The van der Waals surface area contributed by atoms with Crippen molar-refractivity contribution in [2.24, 2.45) is 5.92 Å². The third-order valence-corrected chi connectivity index (χ3v) is 5.56. The molecule has 1 aromatic carbocycles. The van der Waals surface area contributed by atoms with Crippen LogP contribution < -0.4 is 10.1 Å². The number of piperidine rings is 1. The van der Waals surface area contributed by atoms with Crippen molar-refractivity contribution in [2.75, 3.05) is 26.7 Å². The second-order valence-electron chi connectivity index (χ2n) is 5.25. The Labute approximate surface area is 129 Å². The lowest BCUT2D eigenvalue weighted by molar-refractivity contribution is -0.0518. The van der Waals surface area contributed by atoms with Crippen LogP contribution in [0.1, 0.15) is 12.8 Å². The molecule has 1 aromatic rings. The Kier molecular flexibility index (Phi) is 5.71. The second-order valence-corrected chi connectivity index (χ2v) is 7.16. The molecule has 0 radical (unpaired) electrons. The molecule has 0 amide bonds. The number of rotatable bonds is 6. The smallest absolute Gasteiger partial charge is 0.387 e. The highest BCUT2D eigenvalue weighted by atomic mass is 32.2. The first-order valence-electron chi connectivity index (χ1n) is 7.13. The first kappa shape index (κ1) is 17.1. The normalized spacial score (nSPS) is 20.3. The van der Waals surface area contributed by atoms with Gasteiger partial charge in [-0.2, -0.15) is 13.1 Å². The first-order valence-corrected chi connectivity index (χ1v) is 8.57. The molecule has 1 saturated heterocycles. The van der Waals surface area contributed by atoms with Crippen molar-refractivity contribution in [1.82, 2.24) is 9.62 Å². The third kappa shape index (κ3) is 3.93. The van der Waals surface area contributed by atoms with E-state index >= 15 is 0 Å². The predicted octanol–water partition coefficient (Wildman–Crippen LogP) is 1.91. The number of hydrogen-bond acceptors (Lipinski definition) is 4. The molecule has 0 saturated carbocycles. The Morgan fingerprint density at radius 1 is 1.41 bits per heavy atom. The summed E-state index contributed by atoms with van der Waals surface area (Å²) in [6, 6.07) is 5.51. The minimum absolute atomic E-state index is 0.208. The van der Waals surface area contributed by atoms with Crippen LogP contribution in [0.4, 0.5) is 8.78 Å². The zero-order valence-electron chi connectivity index (χ0n) is 12.3. The van der Waals surface area contributed by atoms with E-state index in [0.717, 1.165) is 19.4 Å². The summed E-state index contributed by atoms with van der Waals surface area (Å²) in [6.45, 7) is -1.56. The quantitative estimate of drug-likeness (QED) is 0.863. The van der Waals surface area contributed by atoms with Crippen LogP contribution >= 0.6 is 0 Å². The maximum Gasteiger partial charge on any atom is 0.387 e. The molecule has 5 nitrogen and oxygen atoms in total. The summed E-state index contributed by atoms with van der Waals surface area (Å²) in [4.78, 5) is -0.208. The summed E-state index contributed by atoms with van der Waals surface area (Å²) < 4.78 is 56.0. The maximum absolute atomic E-state index is 12.7. The van der Waals surface area contributed by atoms with E-state index in [4.69, 9.17) is 0 Å². The lowest BCUT2D eigenvalue weighted by atomic mass is 10.00. The number of hydrogen-bond donors (Lipinski definition) is 1. The summed E-state index contributed by atoms with van der Waals surface area (Å²) in [7, 11) is -2.02. The van der Waals surface area contributed by atoms with Crippen LogP contribution in [0.2, 0.25) is 0 Å². The zero-order chi connectivity index (χ0) is 16.2. The van der Waals surface area contributed by atoms with E-state index < -0.39 is 16.6 Å². The molecule has 2 rings (SSSR count). The Morgan fingerprint density at radius 2 is 2.14 bits per heavy atom. The third-order valence-electron chi connectivity index (χ3n) is 3.66. The van der Waals surface area contributed by atoms with Gasteiger partial charge in [-0.05, 0) is 44.5 Å². The Morgan fingerprint density at radius 3 is 2.82 bits per heavy atom. The average Bonchev–Trinajstić information content (AvgIpc) is 2.48. The van der Waals surface area contributed by atoms with Crippen LogP contribution in [0.5, 0.6) is 5.75 Å². The van der Waals surface area contributed by atoms with Crippen molar-refractivity contribution in [1.29, 1.82) is 0 Å². The lowest BCUT2D eigenvalue weighted by Gasteiger charge is -2.32. The van der Waals surface area contributed by atoms with Crippen molar-refractivity contribution >= 4 is 10.0 Å². The van der Waals surface area contributed by atoms with Gasteiger partial charge in [-0.3, -0.25) is 0 Å². The van der Waals surface area contributed by atoms with Crippen LogP contribution in [0.3, 0.4) is 0 Å². The minimum Gasteiger partial charge on any atom is -0.433 e. The van der Waals surface area contributed by atoms with Gasteiger partial charge in [0.1, 0.15) is 10.6 Å². The van der Waals surface area contributed by atoms with Crippen molar-refractivity contribution in [3.63, 3.8) is 0 Å². The fraction of sp³-hybridized carbons (Fsp3) is 0.571. The van der Waals surface area contributed by atoms with E-state index in [1.54, 1.807) is 0 Å². The number of alkyl halides is 2. The van der Waals surface area contributed by atoms with Crippen LogP contribution in [0.15, 0.2) is 29.2 Å². The SMILES string of the molecule is CNCC1CCCN(S(=O)(=O)c2ccccc2OC(F)F)C1. The molecule has 1 fully saturated rings. The highest BCUT2D eigenvalue weighted by Gasteiger charge is 2.32. The molecular formula is C14H20F2N2O3S. The van der Waals surface area contributed by atoms with Crippen LogP contribution in [0, 0.1) is 5.92 Å². The highest BCUT2D eigenvalue weighted by Crippen LogP contribution is 2.30. The molecule has 1 aliphatic heterocycles. The fourth-order valence-electron chi connectivity index (χ4n) is 2.70. The van der Waals surface area contributed by atoms with Gasteiger partial charge in [0, 0.05) is 13.1 Å². The van der Waals surface area contributed by atoms with Gasteiger partial charge in [0.25, 0.3) is 0 Å². The number of sulfonamides is 1. The maximum atomic E-state index is 12.7. The van der Waals surface area contributed by atoms with Crippen molar-refractivity contribution in [3.05, 3.63) is 24.3 Å². The predicted molar refractivity (Wildman–Crippen MR) is 78.5 cm³/mol. The number of halogens is 2. The summed E-state index contributed by atoms with van der Waals surface area (Å²) >= 11 is 0. The molecule has 1 atom stereocenters. The van der Waals surface area contributed by atoms with Crippen molar-refractivity contribution in [3.8, 4) is 5.75 Å². The number of benzene rings is 1. The monoisotopic (exact) mass is 334 g/mol. The Bertz CT molecular complexity index is 594. The molecule has 1 aliphatic rings. The van der Waals surface area contributed by atoms with Crippen molar-refractivity contribution in [2.45, 2.75) is 24.3 Å². The Balaban J connectivity index is 2.26. The molecule has 1 N–H and O–H groups in total. The lowest BCUT2D eigenvalue weighted by Crippen LogP contribution is -2.42. The molecule has 8 heteroatoms. The molecule has 0 aliphatic carbocycles. The summed E-state index contributed by atoms with van der Waals surface area (Å²) in [5.74, 6) is -0.0926. The average molecular weight is 334 g/mol. The van der Waals surface area contributed by atoms with Gasteiger partial charge in [-0.1, -0.05) is 12.1 Å². The van der Waals surface area contributed by atoms with E-state index in [2.05, 4.69) is 10.1 Å². The summed E-state index contributed by atoms with van der Waals surface area (Å²) in [5.41, 5.74) is 0. The van der Waals surface area contributed by atoms with Crippen LogP contribution in [0.25, 0.3) is 0 Å². The van der Waals surface area contributed by atoms with Crippen LogP contribution in [-0.2, 0) is 10.0 Å². The zero-order valence-corrected chi connectivity index (χ0v) is 13.2. The second kappa shape index (κ2) is 7.34. The molecule has 22 heavy (non-hydrogen) atoms. The van der Waals surface area contributed by atoms with E-state index in [1.165, 1.54) is 28.6 Å². The molecule has 0 aromatic heterocycles. The molecule has 0 spiro atoms. The van der Waals surface area contributed by atoms with Gasteiger partial charge in [-0.15, -0.1) is 0 Å². The number of ether oxygens (including phenoxy) is 1. The van der Waals surface area contributed by atoms with Gasteiger partial charge in [0.15, 0.2) is 0 Å². The Hall–Kier alpha value is -1.25. The van der Waals surface area contributed by atoms with Crippen LogP contribution in [-0.4, -0.2) is 46.0 Å². The van der Waals surface area contributed by atoms with E-state index in [1.807, 2.05) is 7.05 Å². The van der Waals surface area contributed by atoms with Gasteiger partial charge >= 0.3 is 6.61 Å². The minimum atomic E-state index is -3.84. The number of para-hydroxylation sites is 1. The fourth-order valence-corrected chi connectivity index (χ4v) is 4.37. The molecule has 0 bridgehead atoms. The topological polar surface area (TPSA) is 58.6 Å². The van der Waals surface area contributed by atoms with E-state index in [-0.39, 0.29) is 16.6 Å². The summed E-state index contributed by atoms with van der Waals surface area (Å²) in [6.07, 6.45) is 1.70. The molecule has 124 valence electrons. The summed E-state index contributed by atoms with van der Waals surface area (Å²) in [5, 5.41) is 3.04. The van der Waals surface area contributed by atoms with Gasteiger partial charge in [-0.25, -0.2) is 8.42 Å². The molecule has 1 heterocycles. The van der Waals surface area contributed by atoms with Gasteiger partial charge in [0.2, 0.25) is 10.0 Å². The van der Waals surface area contributed by atoms with E-state index in [0.29, 0.717) is 13.1 Å². The highest BCUT2D eigenvalue weighted by molar-refractivity contribution is 7.89. The standard InChI is InChI=1S/C14H20F2N2O3S/c1-17-9-11-5-4-8-18(10-11)22(19,20)13-7-3-2-6-12(13)21-14(15)16/h2-3,6-7,11,14,17H,4-5,8-10H2,1H3. The molecule has 1 unspecified atom stereocenters. The first-order chi connectivity index (χ1) is 10.4. The number of nitrogens with zero attached hydrogens (tertiary/aromatic N) is 1. The van der Waals surface area contributed by atoms with Crippen molar-refractivity contribution < 1.29 is 21.9 Å². The van der Waals surface area contributed by atoms with Gasteiger partial charge in [0.05, 0.1) is 0 Å². The number of nitrogens with one attached hydrogen (secondary N) is 1. The van der Waals surface area contributed by atoms with Gasteiger partial charge < -0.3 is 10.1 Å². The largest absolute Gasteiger partial charge is 0.433 e.